The molecule has 0 saturated carbocycles. The van der Waals surface area contributed by atoms with Crippen LogP contribution in [0.2, 0.25) is 0 Å². The average Bonchev–Trinajstić information content (AvgIpc) is 1.04. The maximum absolute atomic E-state index is 11.4. The molecule has 8 N–H and O–H groups in total. The molecule has 24 nitrogen and oxygen atoms in total. The summed E-state index contributed by atoms with van der Waals surface area (Å²) in [6, 6.07) is 20.5. The quantitative estimate of drug-likeness (QED) is 0.0514. The van der Waals surface area contributed by atoms with E-state index in [1.165, 1.54) is 118 Å². The molecule has 6 aliphatic heterocycles. The second-order valence-corrected chi connectivity index (χ2v) is 37.7. The summed E-state index contributed by atoms with van der Waals surface area (Å²) in [5.74, 6) is 1.20. The summed E-state index contributed by atoms with van der Waals surface area (Å²) in [5.41, 5.74) is 3.09. The summed E-state index contributed by atoms with van der Waals surface area (Å²) in [6.45, 7) is 84.1. The fourth-order valence-electron chi connectivity index (χ4n) is 12.9. The smallest absolute Gasteiger partial charge is 0.315 e. The molecule has 8 amide bonds. The maximum atomic E-state index is 11.4. The number of hydrogen-bond donors (Lipinski definition) is 8. The molecule has 0 aliphatic carbocycles. The Kier molecular flexibility index (Phi) is 69.1. The van der Waals surface area contributed by atoms with Crippen molar-refractivity contribution in [2.24, 2.45) is 22.2 Å². The van der Waals surface area contributed by atoms with Crippen LogP contribution in [0.25, 0.3) is 0 Å². The van der Waals surface area contributed by atoms with Crippen molar-refractivity contribution >= 4 is 35.7 Å². The van der Waals surface area contributed by atoms with Gasteiger partial charge >= 0.3 is 12.1 Å². The summed E-state index contributed by atoms with van der Waals surface area (Å²) >= 11 is 0. The Labute approximate surface area is 722 Å². The molecule has 6 fully saturated rings. The van der Waals surface area contributed by atoms with Gasteiger partial charge in [0, 0.05) is 141 Å². The molecule has 24 heteroatoms. The SMILES string of the molecule is CC(=O)NC(C)C.CC(=O)NC(C)C.CC(C)(C)CN1CCCCC1.CC(C)(C)CN1CCCCC1CO.CC(C)(C)CN1CCOCC1.CC(C)CN1CCCC1.CC(C)NC(=O)NC(C)c1ccccc1.CC(C)NC(=O)c1ccccc1.CC(C)OCCN1CCCC1=O.CC(C)OCCN1CCOCC1.CCNC(=O)NC(C)C. The van der Waals surface area contributed by atoms with Gasteiger partial charge < -0.3 is 76.0 Å². The Balaban J connectivity index is -0.00000124. The Bertz CT molecular complexity index is 2690. The van der Waals surface area contributed by atoms with Gasteiger partial charge in [-0.3, -0.25) is 33.9 Å². The number of morpholine rings is 2. The van der Waals surface area contributed by atoms with Crippen LogP contribution in [-0.4, -0.2) is 276 Å². The zero-order chi connectivity index (χ0) is 90.2. The average molecular weight is 1670 g/mol. The molecule has 2 unspecified atom stereocenters. The number of benzene rings is 2. The number of aliphatic hydroxyl groups is 1. The molecule has 0 radical (unpaired) electrons. The first-order valence-electron chi connectivity index (χ1n) is 45.1. The number of amides is 8. The molecule has 118 heavy (non-hydrogen) atoms. The predicted molar refractivity (Wildman–Crippen MR) is 494 cm³/mol. The van der Waals surface area contributed by atoms with Gasteiger partial charge in [0.25, 0.3) is 5.91 Å². The van der Waals surface area contributed by atoms with E-state index in [2.05, 4.69) is 152 Å². The molecule has 6 heterocycles. The van der Waals surface area contributed by atoms with Crippen molar-refractivity contribution in [3.63, 3.8) is 0 Å². The van der Waals surface area contributed by atoms with Gasteiger partial charge in [0.15, 0.2) is 0 Å². The van der Waals surface area contributed by atoms with Crippen LogP contribution < -0.4 is 37.2 Å². The van der Waals surface area contributed by atoms with Gasteiger partial charge in [-0.05, 0) is 228 Å². The fraction of sp³-hybridized carbons (Fsp3) is 0.809. The lowest BCUT2D eigenvalue weighted by atomic mass is 9.93. The maximum Gasteiger partial charge on any atom is 0.315 e. The third-order valence-electron chi connectivity index (χ3n) is 17.6. The van der Waals surface area contributed by atoms with E-state index in [9.17, 15) is 33.9 Å². The molecule has 2 aromatic rings. The highest BCUT2D eigenvalue weighted by atomic mass is 16.5. The molecule has 0 spiro atoms. The van der Waals surface area contributed by atoms with Crippen molar-refractivity contribution in [2.45, 2.75) is 319 Å². The van der Waals surface area contributed by atoms with Crippen LogP contribution in [0.1, 0.15) is 287 Å². The molecule has 690 valence electrons. The number of nitrogens with one attached hydrogen (secondary N) is 7. The molecule has 6 saturated heterocycles. The number of ether oxygens (including phenoxy) is 4. The lowest BCUT2D eigenvalue weighted by molar-refractivity contribution is -0.128. The third kappa shape index (κ3) is 77.8. The molecule has 6 aliphatic rings. The number of carbonyl (C=O) groups is 6. The lowest BCUT2D eigenvalue weighted by Crippen LogP contribution is -2.45. The number of carbonyl (C=O) groups excluding carboxylic acids is 6. The monoisotopic (exact) mass is 1670 g/mol. The van der Waals surface area contributed by atoms with Crippen LogP contribution in [0.15, 0.2) is 60.7 Å². The normalized spacial score (nSPS) is 16.9. The van der Waals surface area contributed by atoms with Crippen molar-refractivity contribution in [2.75, 3.05) is 158 Å². The van der Waals surface area contributed by atoms with Gasteiger partial charge in [-0.25, -0.2) is 9.59 Å². The highest BCUT2D eigenvalue weighted by Crippen LogP contribution is 2.24. The molecule has 2 aromatic carbocycles. The van der Waals surface area contributed by atoms with Crippen LogP contribution in [0, 0.1) is 22.2 Å². The number of aliphatic hydroxyl groups excluding tert-OH is 1. The van der Waals surface area contributed by atoms with Crippen LogP contribution in [-0.2, 0) is 33.3 Å². The van der Waals surface area contributed by atoms with E-state index >= 15 is 0 Å². The number of rotatable bonds is 23. The number of nitrogens with zero attached hydrogens (tertiary/aromatic N) is 6. The van der Waals surface area contributed by atoms with E-state index in [0.29, 0.717) is 53.7 Å². The second kappa shape index (κ2) is 69.9. The molecule has 0 aromatic heterocycles. The van der Waals surface area contributed by atoms with Gasteiger partial charge in [-0.1, -0.05) is 138 Å². The minimum Gasteiger partial charge on any atom is -0.395 e. The van der Waals surface area contributed by atoms with Crippen LogP contribution >= 0.6 is 0 Å². The van der Waals surface area contributed by atoms with Crippen molar-refractivity contribution in [3.8, 4) is 0 Å². The van der Waals surface area contributed by atoms with Gasteiger partial charge in [-0.2, -0.15) is 0 Å². The van der Waals surface area contributed by atoms with Gasteiger partial charge in [0.2, 0.25) is 17.7 Å². The molecule has 8 rings (SSSR count). The molecule has 2 atom stereocenters. The van der Waals surface area contributed by atoms with E-state index in [1.807, 2.05) is 150 Å². The molecular formula is C94H183N13O11. The van der Waals surface area contributed by atoms with Crippen LogP contribution in [0.4, 0.5) is 9.59 Å². The van der Waals surface area contributed by atoms with Crippen LogP contribution in [0.5, 0.6) is 0 Å². The van der Waals surface area contributed by atoms with E-state index in [1.54, 1.807) is 12.1 Å². The first-order valence-corrected chi connectivity index (χ1v) is 45.1. The standard InChI is InChI=1S/C12H18N2O.C11H23NO.C10H13NO.C10H21N.C9H19NO2.C9H17NO2.C9H19NO.C8H17N.C6H14N2O.2C5H11NO/c1-9(2)13-12(15)14-10(3)11-7-5-4-6-8-11;1-11(2,3)9-12-7-5-4-6-10(12)8-13;1-8(2)11-10(12)9-6-4-3-5-7-9;1-10(2,3)9-11-7-5-4-6-8-11;1-9(2)12-8-5-10-3-6-11-7-4-10;1-8(2)12-7-6-10-5-3-4-9(10)11;1-9(2,3)8-10-4-6-11-7-5-10;1-8(2)7-9-5-3-4-6-9;1-4-7-6(9)8-5(2)3;2*1-4(2)6-5(3)7/h4-10H,1-3H3,(H2,13,14,15);10,13H,4-9H2,1-3H3;3-8H,1-2H3,(H,11,12);4-9H2,1-3H3;9H,3-8H2,1-2H3;8H,3-7H2,1-2H3;4-8H2,1-3H3;8H,3-7H2,1-2H3;5H,4H2,1-3H3,(H2,7,8,9);2*4H,1-3H3,(H,6,7). The van der Waals surface area contributed by atoms with Crippen molar-refractivity contribution in [3.05, 3.63) is 71.8 Å². The zero-order valence-corrected chi connectivity index (χ0v) is 80.8. The van der Waals surface area contributed by atoms with E-state index < -0.39 is 0 Å². The first-order chi connectivity index (χ1) is 55.2. The lowest BCUT2D eigenvalue weighted by Gasteiger charge is -2.38. The zero-order valence-electron chi connectivity index (χ0n) is 80.8. The number of piperidine rings is 2. The number of likely N-dealkylation sites (tertiary alicyclic amines) is 4. The van der Waals surface area contributed by atoms with Crippen LogP contribution in [0.3, 0.4) is 0 Å². The highest BCUT2D eigenvalue weighted by Gasteiger charge is 2.26. The Morgan fingerprint density at radius 3 is 1.25 bits per heavy atom. The Hall–Kier alpha value is -5.54. The molecule has 0 bridgehead atoms. The Morgan fingerprint density at radius 1 is 0.458 bits per heavy atom. The summed E-state index contributed by atoms with van der Waals surface area (Å²) in [6.07, 6.45) is 13.2. The Morgan fingerprint density at radius 2 is 0.864 bits per heavy atom. The number of hydrogen-bond acceptors (Lipinski definition) is 16. The van der Waals surface area contributed by atoms with Gasteiger partial charge in [-0.15, -0.1) is 0 Å². The molecular weight excluding hydrogens is 1490 g/mol. The van der Waals surface area contributed by atoms with Gasteiger partial charge in [0.1, 0.15) is 0 Å². The topological polar surface area (TPSA) is 263 Å². The second-order valence-electron chi connectivity index (χ2n) is 37.7. The summed E-state index contributed by atoms with van der Waals surface area (Å²) in [7, 11) is 0. The first kappa shape index (κ1) is 117. The van der Waals surface area contributed by atoms with E-state index in [-0.39, 0.29) is 78.0 Å². The predicted octanol–water partition coefficient (Wildman–Crippen LogP) is 15.3. The van der Waals surface area contributed by atoms with E-state index in [4.69, 9.17) is 18.9 Å². The summed E-state index contributed by atoms with van der Waals surface area (Å²) in [5, 5.41) is 28.4. The fourth-order valence-corrected chi connectivity index (χ4v) is 12.9. The van der Waals surface area contributed by atoms with E-state index in [0.717, 1.165) is 110 Å². The summed E-state index contributed by atoms with van der Waals surface area (Å²) in [4.78, 5) is 79.1. The van der Waals surface area contributed by atoms with Crippen molar-refractivity contribution < 1.29 is 52.8 Å². The third-order valence-corrected chi connectivity index (χ3v) is 17.6. The largest absolute Gasteiger partial charge is 0.395 e. The minimum atomic E-state index is -0.124. The summed E-state index contributed by atoms with van der Waals surface area (Å²) < 4.78 is 21.3. The van der Waals surface area contributed by atoms with Crippen molar-refractivity contribution in [1.82, 2.24) is 66.6 Å². The number of urea groups is 2. The van der Waals surface area contributed by atoms with Gasteiger partial charge in [0.05, 0.1) is 64.5 Å². The van der Waals surface area contributed by atoms with Crippen molar-refractivity contribution in [1.29, 1.82) is 0 Å². The highest BCUT2D eigenvalue weighted by molar-refractivity contribution is 5.94. The minimum absolute atomic E-state index is 0.00870.